The molecule has 0 spiro atoms. The highest BCUT2D eigenvalue weighted by molar-refractivity contribution is 7.92. The average molecular weight is 148 g/mol. The van der Waals surface area contributed by atoms with Crippen LogP contribution in [0, 0.1) is 0 Å². The van der Waals surface area contributed by atoms with E-state index in [4.69, 9.17) is 5.84 Å². The molecule has 0 aliphatic carbocycles. The molecule has 0 saturated carbocycles. The third-order valence-electron chi connectivity index (χ3n) is 1.27. The van der Waals surface area contributed by atoms with Crippen LogP contribution in [0.5, 0.6) is 0 Å². The molecular weight excluding hydrogens is 140 g/mol. The molecule has 4 nitrogen and oxygen atoms in total. The third-order valence-corrected chi connectivity index (χ3v) is 2.87. The molecule has 52 valence electrons. The third kappa shape index (κ3) is 1.41. The zero-order valence-corrected chi connectivity index (χ0v) is 5.69. The Morgan fingerprint density at radius 3 is 2.44 bits per heavy atom. The Kier molecular flexibility index (Phi) is 1.44. The molecule has 0 aromatic carbocycles. The molecule has 1 heterocycles. The molecule has 1 rings (SSSR count). The Hall–Kier alpha value is -0.580. The molecule has 0 amide bonds. The molecule has 1 fully saturated rings. The van der Waals surface area contributed by atoms with Gasteiger partial charge in [0.1, 0.15) is 0 Å². The largest absolute Gasteiger partial charge is 0.323 e. The van der Waals surface area contributed by atoms with E-state index >= 15 is 0 Å². The SMILES string of the molecule is N/N=C1/CCS(=O)(=O)C1. The summed E-state index contributed by atoms with van der Waals surface area (Å²) >= 11 is 0. The second-order valence-corrected chi connectivity index (χ2v) is 4.22. The van der Waals surface area contributed by atoms with Gasteiger partial charge in [0.05, 0.1) is 17.2 Å². The van der Waals surface area contributed by atoms with Crippen molar-refractivity contribution in [3.05, 3.63) is 0 Å². The monoisotopic (exact) mass is 148 g/mol. The van der Waals surface area contributed by atoms with Gasteiger partial charge in [0, 0.05) is 6.42 Å². The van der Waals surface area contributed by atoms with E-state index < -0.39 is 9.84 Å². The van der Waals surface area contributed by atoms with Gasteiger partial charge in [-0.15, -0.1) is 0 Å². The number of sulfone groups is 1. The Morgan fingerprint density at radius 1 is 1.56 bits per heavy atom. The van der Waals surface area contributed by atoms with E-state index in [0.29, 0.717) is 12.1 Å². The maximum absolute atomic E-state index is 10.7. The summed E-state index contributed by atoms with van der Waals surface area (Å²) in [5.74, 6) is 5.15. The Bertz CT molecular complexity index is 229. The molecule has 1 aliphatic rings. The fourth-order valence-electron chi connectivity index (χ4n) is 0.773. The quantitative estimate of drug-likeness (QED) is 0.358. The van der Waals surface area contributed by atoms with Gasteiger partial charge in [-0.2, -0.15) is 5.10 Å². The summed E-state index contributed by atoms with van der Waals surface area (Å²) in [7, 11) is -2.82. The zero-order chi connectivity index (χ0) is 6.91. The Labute approximate surface area is 53.7 Å². The highest BCUT2D eigenvalue weighted by atomic mass is 32.2. The van der Waals surface area contributed by atoms with Crippen LogP contribution in [0.4, 0.5) is 0 Å². The van der Waals surface area contributed by atoms with Crippen molar-refractivity contribution in [2.24, 2.45) is 10.9 Å². The van der Waals surface area contributed by atoms with E-state index in [0.717, 1.165) is 0 Å². The zero-order valence-electron chi connectivity index (χ0n) is 4.87. The molecule has 0 aromatic heterocycles. The summed E-state index contributed by atoms with van der Waals surface area (Å²) in [4.78, 5) is 0. The number of rotatable bonds is 0. The topological polar surface area (TPSA) is 72.5 Å². The highest BCUT2D eigenvalue weighted by Gasteiger charge is 2.23. The molecular formula is C4H8N2O2S. The van der Waals surface area contributed by atoms with Gasteiger partial charge in [0.2, 0.25) is 0 Å². The first kappa shape index (κ1) is 6.54. The summed E-state index contributed by atoms with van der Waals surface area (Å²) in [5, 5.41) is 3.32. The molecule has 0 bridgehead atoms. The van der Waals surface area contributed by atoms with Crippen LogP contribution >= 0.6 is 0 Å². The van der Waals surface area contributed by atoms with Crippen LogP contribution < -0.4 is 5.84 Å². The molecule has 9 heavy (non-hydrogen) atoms. The lowest BCUT2D eigenvalue weighted by Crippen LogP contribution is -2.05. The van der Waals surface area contributed by atoms with Gasteiger partial charge in [-0.1, -0.05) is 0 Å². The number of hydrogen-bond acceptors (Lipinski definition) is 4. The van der Waals surface area contributed by atoms with Gasteiger partial charge >= 0.3 is 0 Å². The molecule has 1 aliphatic heterocycles. The van der Waals surface area contributed by atoms with Crippen molar-refractivity contribution in [3.63, 3.8) is 0 Å². The first-order valence-corrected chi connectivity index (χ1v) is 4.42. The van der Waals surface area contributed by atoms with Gasteiger partial charge in [-0.25, -0.2) is 8.42 Å². The lowest BCUT2D eigenvalue weighted by Gasteiger charge is -1.84. The Balaban J connectivity index is 2.81. The normalized spacial score (nSPS) is 29.1. The minimum Gasteiger partial charge on any atom is -0.323 e. The summed E-state index contributed by atoms with van der Waals surface area (Å²) in [6.45, 7) is 0. The predicted molar refractivity (Wildman–Crippen MR) is 34.9 cm³/mol. The first-order valence-electron chi connectivity index (χ1n) is 2.60. The fourth-order valence-corrected chi connectivity index (χ4v) is 2.19. The maximum Gasteiger partial charge on any atom is 0.156 e. The summed E-state index contributed by atoms with van der Waals surface area (Å²) in [6.07, 6.45) is 0.513. The lowest BCUT2D eigenvalue weighted by molar-refractivity contribution is 0.603. The van der Waals surface area contributed by atoms with Crippen molar-refractivity contribution in [1.29, 1.82) is 0 Å². The molecule has 5 heteroatoms. The van der Waals surface area contributed by atoms with Crippen LogP contribution in [-0.4, -0.2) is 25.6 Å². The molecule has 0 radical (unpaired) electrons. The highest BCUT2D eigenvalue weighted by Crippen LogP contribution is 2.06. The second-order valence-electron chi connectivity index (χ2n) is 2.04. The van der Waals surface area contributed by atoms with E-state index in [9.17, 15) is 8.42 Å². The van der Waals surface area contributed by atoms with E-state index in [2.05, 4.69) is 5.10 Å². The first-order chi connectivity index (χ1) is 4.14. The summed E-state index contributed by atoms with van der Waals surface area (Å²) < 4.78 is 21.3. The van der Waals surface area contributed by atoms with E-state index in [1.165, 1.54) is 0 Å². The maximum atomic E-state index is 10.7. The molecule has 2 N–H and O–H groups in total. The van der Waals surface area contributed by atoms with Crippen LogP contribution in [0.25, 0.3) is 0 Å². The predicted octanol–water partition coefficient (Wildman–Crippen LogP) is -0.880. The van der Waals surface area contributed by atoms with Crippen LogP contribution in [0.2, 0.25) is 0 Å². The molecule has 0 atom stereocenters. The van der Waals surface area contributed by atoms with Gasteiger partial charge < -0.3 is 5.84 Å². The van der Waals surface area contributed by atoms with Gasteiger partial charge in [-0.05, 0) is 0 Å². The van der Waals surface area contributed by atoms with Crippen molar-refractivity contribution in [1.82, 2.24) is 0 Å². The van der Waals surface area contributed by atoms with Gasteiger partial charge in [0.25, 0.3) is 0 Å². The summed E-state index contributed by atoms with van der Waals surface area (Å²) in [5.41, 5.74) is 0.593. The van der Waals surface area contributed by atoms with E-state index in [1.807, 2.05) is 0 Å². The number of nitrogens with zero attached hydrogens (tertiary/aromatic N) is 1. The number of hydrazone groups is 1. The second kappa shape index (κ2) is 1.98. The van der Waals surface area contributed by atoms with E-state index in [1.54, 1.807) is 0 Å². The van der Waals surface area contributed by atoms with Crippen LogP contribution in [0.15, 0.2) is 5.10 Å². The van der Waals surface area contributed by atoms with Crippen molar-refractivity contribution in [2.75, 3.05) is 11.5 Å². The fraction of sp³-hybridized carbons (Fsp3) is 0.750. The Morgan fingerprint density at radius 2 is 2.22 bits per heavy atom. The van der Waals surface area contributed by atoms with Crippen molar-refractivity contribution in [3.8, 4) is 0 Å². The smallest absolute Gasteiger partial charge is 0.156 e. The van der Waals surface area contributed by atoms with Gasteiger partial charge in [0.15, 0.2) is 9.84 Å². The minimum absolute atomic E-state index is 0.0590. The van der Waals surface area contributed by atoms with Crippen LogP contribution in [0.1, 0.15) is 6.42 Å². The summed E-state index contributed by atoms with van der Waals surface area (Å²) in [6, 6.07) is 0. The molecule has 0 unspecified atom stereocenters. The number of hydrogen-bond donors (Lipinski definition) is 1. The molecule has 0 aromatic rings. The van der Waals surface area contributed by atoms with E-state index in [-0.39, 0.29) is 11.5 Å². The number of nitrogens with two attached hydrogens (primary N) is 1. The van der Waals surface area contributed by atoms with Crippen molar-refractivity contribution >= 4 is 15.5 Å². The van der Waals surface area contributed by atoms with Crippen molar-refractivity contribution < 1.29 is 8.42 Å². The average Bonchev–Trinajstić information content (AvgIpc) is 2.10. The molecule has 1 saturated heterocycles. The van der Waals surface area contributed by atoms with Crippen LogP contribution in [0.3, 0.4) is 0 Å². The van der Waals surface area contributed by atoms with Crippen molar-refractivity contribution in [2.45, 2.75) is 6.42 Å². The van der Waals surface area contributed by atoms with Gasteiger partial charge in [-0.3, -0.25) is 0 Å². The standard InChI is InChI=1S/C4H8N2O2S/c5-6-4-1-2-9(7,8)3-4/h1-3,5H2/b6-4-. The minimum atomic E-state index is -2.82. The lowest BCUT2D eigenvalue weighted by atomic mass is 10.3. The van der Waals surface area contributed by atoms with Crippen LogP contribution in [-0.2, 0) is 9.84 Å².